The predicted octanol–water partition coefficient (Wildman–Crippen LogP) is 7.86. The third-order valence-electron chi connectivity index (χ3n) is 7.02. The molecule has 0 aromatic carbocycles. The highest BCUT2D eigenvalue weighted by atomic mass is 15.0. The van der Waals surface area contributed by atoms with Crippen molar-refractivity contribution in [2.24, 2.45) is 29.6 Å². The lowest BCUT2D eigenvalue weighted by atomic mass is 9.77. The van der Waals surface area contributed by atoms with E-state index in [0.29, 0.717) is 18.0 Å². The van der Waals surface area contributed by atoms with Crippen molar-refractivity contribution in [2.45, 2.75) is 119 Å². The molecule has 0 bridgehead atoms. The normalized spacial score (nSPS) is 19.0. The molecule has 0 heterocycles. The summed E-state index contributed by atoms with van der Waals surface area (Å²) in [5.41, 5.74) is 0. The lowest BCUT2D eigenvalue weighted by molar-refractivity contribution is 0.215. The number of hydrogen-bond donors (Lipinski definition) is 1. The van der Waals surface area contributed by atoms with E-state index in [1.54, 1.807) is 0 Å². The van der Waals surface area contributed by atoms with Gasteiger partial charge in [0.1, 0.15) is 0 Å². The molecule has 1 heteroatoms. The molecule has 0 spiro atoms. The quantitative estimate of drug-likeness (QED) is 0.274. The second-order valence-electron chi connectivity index (χ2n) is 9.37. The fraction of sp³-hybridized carbons (Fsp3) is 0.920. The molecular weight excluding hydrogens is 314 g/mol. The van der Waals surface area contributed by atoms with Gasteiger partial charge < -0.3 is 5.32 Å². The molecule has 0 amide bonds. The molecule has 0 radical (unpaired) electrons. The van der Waals surface area contributed by atoms with Crippen molar-refractivity contribution in [2.75, 3.05) is 0 Å². The van der Waals surface area contributed by atoms with Gasteiger partial charge in [0.05, 0.1) is 0 Å². The molecule has 0 fully saturated rings. The summed E-state index contributed by atoms with van der Waals surface area (Å²) < 4.78 is 0. The SMILES string of the molecule is C=CCCC(NC(C)C(C)C)C(C)CCCC(CCC)C(C)C(C)CC. The lowest BCUT2D eigenvalue weighted by Crippen LogP contribution is -2.43. The molecule has 1 nitrogen and oxygen atoms in total. The van der Waals surface area contributed by atoms with Gasteiger partial charge in [-0.05, 0) is 55.8 Å². The van der Waals surface area contributed by atoms with E-state index >= 15 is 0 Å². The van der Waals surface area contributed by atoms with Crippen LogP contribution in [-0.2, 0) is 0 Å². The molecule has 6 atom stereocenters. The molecule has 0 saturated carbocycles. The van der Waals surface area contributed by atoms with E-state index in [-0.39, 0.29) is 0 Å². The van der Waals surface area contributed by atoms with Crippen LogP contribution in [0.3, 0.4) is 0 Å². The molecular formula is C25H51N. The smallest absolute Gasteiger partial charge is 0.00982 e. The molecule has 26 heavy (non-hydrogen) atoms. The maximum Gasteiger partial charge on any atom is 0.00982 e. The zero-order valence-electron chi connectivity index (χ0n) is 19.5. The number of rotatable bonds is 16. The summed E-state index contributed by atoms with van der Waals surface area (Å²) in [5.74, 6) is 4.08. The Kier molecular flexibility index (Phi) is 14.6. The van der Waals surface area contributed by atoms with E-state index in [4.69, 9.17) is 0 Å². The average molecular weight is 366 g/mol. The predicted molar refractivity (Wildman–Crippen MR) is 121 cm³/mol. The number of hydrogen-bond acceptors (Lipinski definition) is 1. The van der Waals surface area contributed by atoms with Gasteiger partial charge in [-0.15, -0.1) is 6.58 Å². The Morgan fingerprint density at radius 2 is 1.50 bits per heavy atom. The zero-order valence-corrected chi connectivity index (χ0v) is 19.5. The lowest BCUT2D eigenvalue weighted by Gasteiger charge is -2.32. The molecule has 0 saturated heterocycles. The van der Waals surface area contributed by atoms with E-state index in [1.807, 2.05) is 0 Å². The van der Waals surface area contributed by atoms with Crippen LogP contribution in [0.2, 0.25) is 0 Å². The monoisotopic (exact) mass is 365 g/mol. The first-order chi connectivity index (χ1) is 12.3. The largest absolute Gasteiger partial charge is 0.311 e. The van der Waals surface area contributed by atoms with E-state index in [1.165, 1.54) is 44.9 Å². The van der Waals surface area contributed by atoms with E-state index in [0.717, 1.165) is 30.1 Å². The molecule has 0 aromatic heterocycles. The first-order valence-electron chi connectivity index (χ1n) is 11.6. The molecule has 0 aromatic rings. The van der Waals surface area contributed by atoms with Gasteiger partial charge in [0.15, 0.2) is 0 Å². The second kappa shape index (κ2) is 14.7. The topological polar surface area (TPSA) is 12.0 Å². The van der Waals surface area contributed by atoms with Gasteiger partial charge in [-0.25, -0.2) is 0 Å². The van der Waals surface area contributed by atoms with Crippen LogP contribution in [0.15, 0.2) is 12.7 Å². The van der Waals surface area contributed by atoms with E-state index in [2.05, 4.69) is 73.4 Å². The van der Waals surface area contributed by atoms with Gasteiger partial charge in [-0.3, -0.25) is 0 Å². The Morgan fingerprint density at radius 1 is 0.846 bits per heavy atom. The van der Waals surface area contributed by atoms with Gasteiger partial charge in [0.2, 0.25) is 0 Å². The van der Waals surface area contributed by atoms with E-state index in [9.17, 15) is 0 Å². The van der Waals surface area contributed by atoms with Crippen LogP contribution >= 0.6 is 0 Å². The minimum absolute atomic E-state index is 0.588. The summed E-state index contributed by atoms with van der Waals surface area (Å²) in [6.45, 7) is 23.0. The van der Waals surface area contributed by atoms with Gasteiger partial charge in [0, 0.05) is 12.1 Å². The molecule has 6 unspecified atom stereocenters. The first-order valence-corrected chi connectivity index (χ1v) is 11.6. The Balaban J connectivity index is 4.60. The van der Waals surface area contributed by atoms with Crippen molar-refractivity contribution in [1.82, 2.24) is 5.32 Å². The molecule has 156 valence electrons. The number of nitrogens with one attached hydrogen (secondary N) is 1. The summed E-state index contributed by atoms with van der Waals surface area (Å²) in [5, 5.41) is 3.92. The van der Waals surface area contributed by atoms with Crippen LogP contribution in [0.1, 0.15) is 107 Å². The number of allylic oxidation sites excluding steroid dienone is 1. The highest BCUT2D eigenvalue weighted by Gasteiger charge is 2.23. The minimum atomic E-state index is 0.588. The van der Waals surface area contributed by atoms with Crippen LogP contribution in [-0.4, -0.2) is 12.1 Å². The standard InChI is InChI=1S/C25H51N/c1-10-13-18-25(26-23(9)19(4)5)21(7)16-14-17-24(15-11-2)22(8)20(6)12-3/h10,19-26H,1,11-18H2,2-9H3. The van der Waals surface area contributed by atoms with Crippen LogP contribution in [0.4, 0.5) is 0 Å². The zero-order chi connectivity index (χ0) is 20.1. The van der Waals surface area contributed by atoms with Crippen LogP contribution < -0.4 is 5.32 Å². The summed E-state index contributed by atoms with van der Waals surface area (Å²) in [4.78, 5) is 0. The van der Waals surface area contributed by atoms with E-state index < -0.39 is 0 Å². The molecule has 0 rings (SSSR count). The first kappa shape index (κ1) is 25.7. The molecule has 1 N–H and O–H groups in total. The third-order valence-corrected chi connectivity index (χ3v) is 7.02. The van der Waals surface area contributed by atoms with Crippen molar-refractivity contribution >= 4 is 0 Å². The third kappa shape index (κ3) is 10.1. The Labute approximate surface area is 166 Å². The van der Waals surface area contributed by atoms with Crippen LogP contribution in [0, 0.1) is 29.6 Å². The van der Waals surface area contributed by atoms with Gasteiger partial charge >= 0.3 is 0 Å². The van der Waals surface area contributed by atoms with Crippen molar-refractivity contribution < 1.29 is 0 Å². The fourth-order valence-electron chi connectivity index (χ4n) is 4.14. The highest BCUT2D eigenvalue weighted by Crippen LogP contribution is 2.31. The average Bonchev–Trinajstić information content (AvgIpc) is 2.62. The van der Waals surface area contributed by atoms with Crippen molar-refractivity contribution in [3.05, 3.63) is 12.7 Å². The Hall–Kier alpha value is -0.300. The highest BCUT2D eigenvalue weighted by molar-refractivity contribution is 4.82. The van der Waals surface area contributed by atoms with Crippen LogP contribution in [0.5, 0.6) is 0 Å². The summed E-state index contributed by atoms with van der Waals surface area (Å²) in [7, 11) is 0. The van der Waals surface area contributed by atoms with Crippen molar-refractivity contribution in [3.63, 3.8) is 0 Å². The summed E-state index contributed by atoms with van der Waals surface area (Å²) >= 11 is 0. The Morgan fingerprint density at radius 3 is 2.00 bits per heavy atom. The summed E-state index contributed by atoms with van der Waals surface area (Å²) in [6, 6.07) is 1.22. The second-order valence-corrected chi connectivity index (χ2v) is 9.37. The minimum Gasteiger partial charge on any atom is -0.311 e. The maximum absolute atomic E-state index is 3.93. The van der Waals surface area contributed by atoms with Crippen LogP contribution in [0.25, 0.3) is 0 Å². The summed E-state index contributed by atoms with van der Waals surface area (Å²) in [6.07, 6.45) is 12.6. The molecule has 0 aliphatic carbocycles. The van der Waals surface area contributed by atoms with Gasteiger partial charge in [0.25, 0.3) is 0 Å². The van der Waals surface area contributed by atoms with Gasteiger partial charge in [-0.2, -0.15) is 0 Å². The fourth-order valence-corrected chi connectivity index (χ4v) is 4.14. The van der Waals surface area contributed by atoms with Crippen molar-refractivity contribution in [1.29, 1.82) is 0 Å². The van der Waals surface area contributed by atoms with Crippen molar-refractivity contribution in [3.8, 4) is 0 Å². The molecule has 0 aliphatic rings. The van der Waals surface area contributed by atoms with Gasteiger partial charge in [-0.1, -0.05) is 86.6 Å². The Bertz CT molecular complexity index is 335. The molecule has 0 aliphatic heterocycles. The maximum atomic E-state index is 3.93.